The molecular formula is C18H19O2P. The highest BCUT2D eigenvalue weighted by Crippen LogP contribution is 2.36. The fraction of sp³-hybridized carbons (Fsp3) is 0.111. The molecule has 2 rings (SSSR count). The van der Waals surface area contributed by atoms with E-state index >= 15 is 0 Å². The van der Waals surface area contributed by atoms with Gasteiger partial charge in [-0.05, 0) is 36.6 Å². The van der Waals surface area contributed by atoms with E-state index in [9.17, 15) is 4.89 Å². The molecule has 1 atom stereocenters. The molecule has 0 amide bonds. The van der Waals surface area contributed by atoms with Crippen LogP contribution in [-0.4, -0.2) is 4.89 Å². The maximum Gasteiger partial charge on any atom is 0.262 e. The van der Waals surface area contributed by atoms with Crippen molar-refractivity contribution in [2.45, 2.75) is 12.8 Å². The lowest BCUT2D eigenvalue weighted by molar-refractivity contribution is 0.496. The summed E-state index contributed by atoms with van der Waals surface area (Å²) in [5.41, 5.74) is 2.21. The van der Waals surface area contributed by atoms with Crippen molar-refractivity contribution in [3.8, 4) is 5.75 Å². The van der Waals surface area contributed by atoms with Gasteiger partial charge in [0.05, 0.1) is 0 Å². The zero-order valence-corrected chi connectivity index (χ0v) is 12.8. The van der Waals surface area contributed by atoms with Crippen LogP contribution < -0.4 is 9.83 Å². The fourth-order valence-electron chi connectivity index (χ4n) is 2.12. The summed E-state index contributed by atoms with van der Waals surface area (Å²) < 4.78 is 5.81. The SMILES string of the molecule is C=CCc1cccc(OP(O)c2ccccc2)c1CC=C. The van der Waals surface area contributed by atoms with Crippen LogP contribution in [0.4, 0.5) is 0 Å². The van der Waals surface area contributed by atoms with Crippen LogP contribution in [0.15, 0.2) is 73.8 Å². The zero-order chi connectivity index (χ0) is 15.1. The second-order valence-electron chi connectivity index (χ2n) is 4.58. The van der Waals surface area contributed by atoms with E-state index in [-0.39, 0.29) is 0 Å². The lowest BCUT2D eigenvalue weighted by atomic mass is 10.0. The van der Waals surface area contributed by atoms with Crippen LogP contribution in [-0.2, 0) is 12.8 Å². The maximum absolute atomic E-state index is 10.3. The molecule has 1 N–H and O–H groups in total. The number of hydrogen-bond donors (Lipinski definition) is 1. The Morgan fingerprint density at radius 3 is 2.33 bits per heavy atom. The normalized spacial score (nSPS) is 11.7. The van der Waals surface area contributed by atoms with Gasteiger partial charge < -0.3 is 9.42 Å². The summed E-state index contributed by atoms with van der Waals surface area (Å²) in [6.07, 6.45) is 5.19. The number of benzene rings is 2. The Bertz CT molecular complexity index is 608. The summed E-state index contributed by atoms with van der Waals surface area (Å²) in [6, 6.07) is 15.3. The minimum atomic E-state index is -1.66. The van der Waals surface area contributed by atoms with E-state index < -0.39 is 8.38 Å². The van der Waals surface area contributed by atoms with Crippen molar-refractivity contribution in [3.63, 3.8) is 0 Å². The number of hydrogen-bond acceptors (Lipinski definition) is 2. The molecule has 1 unspecified atom stereocenters. The average Bonchev–Trinajstić information content (AvgIpc) is 2.51. The Morgan fingerprint density at radius 1 is 0.952 bits per heavy atom. The molecule has 0 saturated heterocycles. The summed E-state index contributed by atoms with van der Waals surface area (Å²) in [4.78, 5) is 10.3. The summed E-state index contributed by atoms with van der Waals surface area (Å²) in [6.45, 7) is 7.58. The lowest BCUT2D eigenvalue weighted by Crippen LogP contribution is -2.05. The molecule has 3 heteroatoms. The van der Waals surface area contributed by atoms with Crippen molar-refractivity contribution in [3.05, 3.63) is 85.0 Å². The van der Waals surface area contributed by atoms with E-state index in [1.54, 1.807) is 0 Å². The summed E-state index contributed by atoms with van der Waals surface area (Å²) in [5.74, 6) is 0.715. The zero-order valence-electron chi connectivity index (χ0n) is 11.9. The van der Waals surface area contributed by atoms with E-state index in [1.807, 2.05) is 54.6 Å². The number of allylic oxidation sites excluding steroid dienone is 2. The van der Waals surface area contributed by atoms with Crippen LogP contribution in [0.1, 0.15) is 11.1 Å². The fourth-order valence-corrected chi connectivity index (χ4v) is 3.01. The van der Waals surface area contributed by atoms with Gasteiger partial charge in [-0.1, -0.05) is 42.5 Å². The van der Waals surface area contributed by atoms with Gasteiger partial charge in [0.1, 0.15) is 5.75 Å². The predicted molar refractivity (Wildman–Crippen MR) is 90.1 cm³/mol. The number of rotatable bonds is 7. The van der Waals surface area contributed by atoms with E-state index in [2.05, 4.69) is 19.2 Å². The Kier molecular flexibility index (Phi) is 5.74. The van der Waals surface area contributed by atoms with Crippen molar-refractivity contribution >= 4 is 13.7 Å². The topological polar surface area (TPSA) is 29.5 Å². The molecule has 0 fully saturated rings. The lowest BCUT2D eigenvalue weighted by Gasteiger charge is -2.17. The predicted octanol–water partition coefficient (Wildman–Crippen LogP) is 4.15. The van der Waals surface area contributed by atoms with Crippen molar-refractivity contribution in [1.29, 1.82) is 0 Å². The van der Waals surface area contributed by atoms with Crippen LogP contribution >= 0.6 is 8.38 Å². The third kappa shape index (κ3) is 4.04. The van der Waals surface area contributed by atoms with E-state index in [1.165, 1.54) is 0 Å². The first-order valence-electron chi connectivity index (χ1n) is 6.81. The van der Waals surface area contributed by atoms with Gasteiger partial charge in [-0.25, -0.2) is 0 Å². The second kappa shape index (κ2) is 7.78. The van der Waals surface area contributed by atoms with Gasteiger partial charge in [0, 0.05) is 10.9 Å². The average molecular weight is 298 g/mol. The van der Waals surface area contributed by atoms with Gasteiger partial charge in [0.25, 0.3) is 8.38 Å². The van der Waals surface area contributed by atoms with E-state index in [0.717, 1.165) is 22.9 Å². The monoisotopic (exact) mass is 298 g/mol. The van der Waals surface area contributed by atoms with Crippen LogP contribution in [0, 0.1) is 0 Å². The largest absolute Gasteiger partial charge is 0.444 e. The van der Waals surface area contributed by atoms with Gasteiger partial charge in [-0.15, -0.1) is 13.2 Å². The highest BCUT2D eigenvalue weighted by molar-refractivity contribution is 7.55. The smallest absolute Gasteiger partial charge is 0.262 e. The van der Waals surface area contributed by atoms with E-state index in [4.69, 9.17) is 4.52 Å². The van der Waals surface area contributed by atoms with Crippen LogP contribution in [0.25, 0.3) is 0 Å². The molecule has 0 aliphatic rings. The van der Waals surface area contributed by atoms with Crippen LogP contribution in [0.2, 0.25) is 0 Å². The first kappa shape index (κ1) is 15.5. The third-order valence-electron chi connectivity index (χ3n) is 3.10. The highest BCUT2D eigenvalue weighted by Gasteiger charge is 2.14. The van der Waals surface area contributed by atoms with Crippen molar-refractivity contribution in [2.24, 2.45) is 0 Å². The Labute approximate surface area is 127 Å². The van der Waals surface area contributed by atoms with Gasteiger partial charge in [0.2, 0.25) is 0 Å². The molecule has 0 heterocycles. The molecule has 21 heavy (non-hydrogen) atoms. The summed E-state index contributed by atoms with van der Waals surface area (Å²) in [5, 5.41) is 0.797. The van der Waals surface area contributed by atoms with Gasteiger partial charge in [-0.3, -0.25) is 0 Å². The molecule has 2 aromatic rings. The molecule has 0 aromatic heterocycles. The Balaban J connectivity index is 2.28. The summed E-state index contributed by atoms with van der Waals surface area (Å²) in [7, 11) is -1.66. The van der Waals surface area contributed by atoms with Crippen molar-refractivity contribution in [2.75, 3.05) is 0 Å². The van der Waals surface area contributed by atoms with Gasteiger partial charge in [0.15, 0.2) is 0 Å². The summed E-state index contributed by atoms with van der Waals surface area (Å²) >= 11 is 0. The maximum atomic E-state index is 10.3. The van der Waals surface area contributed by atoms with E-state index in [0.29, 0.717) is 12.2 Å². The minimum Gasteiger partial charge on any atom is -0.444 e. The minimum absolute atomic E-state index is 0.706. The van der Waals surface area contributed by atoms with Crippen molar-refractivity contribution in [1.82, 2.24) is 0 Å². The molecule has 108 valence electrons. The Hall–Kier alpha value is -1.89. The molecule has 0 aliphatic heterocycles. The standard InChI is InChI=1S/C18H19O2P/c1-3-9-15-11-8-14-18(17(15)10-4-2)20-21(19)16-12-6-5-7-13-16/h3-8,11-14,19H,1-2,9-10H2. The molecule has 2 aromatic carbocycles. The quantitative estimate of drug-likeness (QED) is 0.614. The Morgan fingerprint density at radius 2 is 1.67 bits per heavy atom. The molecule has 0 spiro atoms. The van der Waals surface area contributed by atoms with Gasteiger partial charge >= 0.3 is 0 Å². The molecule has 2 nitrogen and oxygen atoms in total. The second-order valence-corrected chi connectivity index (χ2v) is 5.82. The molecule has 0 radical (unpaired) electrons. The van der Waals surface area contributed by atoms with Crippen LogP contribution in [0.3, 0.4) is 0 Å². The molecule has 0 saturated carbocycles. The first-order valence-corrected chi connectivity index (χ1v) is 8.02. The molecule has 0 aliphatic carbocycles. The molecule has 0 bridgehead atoms. The van der Waals surface area contributed by atoms with Crippen LogP contribution in [0.5, 0.6) is 5.75 Å². The molecular weight excluding hydrogens is 279 g/mol. The first-order chi connectivity index (χ1) is 10.3. The highest BCUT2D eigenvalue weighted by atomic mass is 31.2. The van der Waals surface area contributed by atoms with Gasteiger partial charge in [-0.2, -0.15) is 0 Å². The third-order valence-corrected chi connectivity index (χ3v) is 4.21. The van der Waals surface area contributed by atoms with Crippen molar-refractivity contribution < 1.29 is 9.42 Å².